The third-order valence-electron chi connectivity index (χ3n) is 5.74. The van der Waals surface area contributed by atoms with Crippen LogP contribution in [0, 0.1) is 12.8 Å². The third-order valence-corrected chi connectivity index (χ3v) is 5.74. The van der Waals surface area contributed by atoms with Gasteiger partial charge in [-0.1, -0.05) is 18.7 Å². The number of nitrogens with zero attached hydrogens (tertiary/aromatic N) is 3. The number of fused-ring (bicyclic) bond motifs is 1. The summed E-state index contributed by atoms with van der Waals surface area (Å²) in [6.45, 7) is 6.05. The first kappa shape index (κ1) is 18.6. The molecule has 0 aliphatic heterocycles. The summed E-state index contributed by atoms with van der Waals surface area (Å²) in [5.74, 6) is -0.825. The molecule has 0 amide bonds. The predicted molar refractivity (Wildman–Crippen MR) is 108 cm³/mol. The summed E-state index contributed by atoms with van der Waals surface area (Å²) in [5.41, 5.74) is 2.90. The van der Waals surface area contributed by atoms with Gasteiger partial charge >= 0.3 is 0 Å². The predicted octanol–water partition coefficient (Wildman–Crippen LogP) is 5.69. The Bertz CT molecular complexity index is 1030. The van der Waals surface area contributed by atoms with Crippen molar-refractivity contribution in [3.8, 4) is 11.3 Å². The zero-order valence-electron chi connectivity index (χ0n) is 16.2. The van der Waals surface area contributed by atoms with Gasteiger partial charge in [-0.25, -0.2) is 18.7 Å². The minimum Gasteiger partial charge on any atom is -0.344 e. The number of halogens is 2. The van der Waals surface area contributed by atoms with E-state index in [4.69, 9.17) is 0 Å². The maximum absolute atomic E-state index is 13.4. The van der Waals surface area contributed by atoms with E-state index in [-0.39, 0.29) is 18.8 Å². The van der Waals surface area contributed by atoms with Gasteiger partial charge in [-0.2, -0.15) is 0 Å². The molecule has 1 fully saturated rings. The van der Waals surface area contributed by atoms with Crippen molar-refractivity contribution in [3.63, 3.8) is 0 Å². The number of benzene rings is 1. The third kappa shape index (κ3) is 3.63. The van der Waals surface area contributed by atoms with Crippen LogP contribution in [0.25, 0.3) is 22.0 Å². The molecule has 1 aromatic carbocycles. The van der Waals surface area contributed by atoms with Crippen LogP contribution in [0.2, 0.25) is 0 Å². The Morgan fingerprint density at radius 3 is 2.57 bits per heavy atom. The number of hydrogen-bond donors (Lipinski definition) is 1. The van der Waals surface area contributed by atoms with Crippen LogP contribution in [0.5, 0.6) is 0 Å². The number of hydrogen-bond acceptors (Lipinski definition) is 3. The molecule has 4 nitrogen and oxygen atoms in total. The number of alkyl halides is 2. The zero-order valence-corrected chi connectivity index (χ0v) is 16.2. The van der Waals surface area contributed by atoms with Crippen LogP contribution >= 0.6 is 0 Å². The van der Waals surface area contributed by atoms with Crippen LogP contribution in [0.3, 0.4) is 0 Å². The van der Waals surface area contributed by atoms with E-state index in [1.165, 1.54) is 0 Å². The molecular weight excluding hydrogens is 358 g/mol. The fraction of sp³-hybridized carbons (Fsp3) is 0.364. The van der Waals surface area contributed by atoms with Crippen molar-refractivity contribution in [2.24, 2.45) is 13.0 Å². The molecule has 1 aliphatic rings. The van der Waals surface area contributed by atoms with Crippen LogP contribution < -0.4 is 5.32 Å². The highest BCUT2D eigenvalue weighted by Gasteiger charge is 2.35. The molecule has 1 N–H and O–H groups in total. The van der Waals surface area contributed by atoms with E-state index < -0.39 is 5.92 Å². The average Bonchev–Trinajstić information content (AvgIpc) is 3.00. The van der Waals surface area contributed by atoms with Gasteiger partial charge in [0.25, 0.3) is 0 Å². The zero-order chi connectivity index (χ0) is 19.9. The topological polar surface area (TPSA) is 42.7 Å². The van der Waals surface area contributed by atoms with Gasteiger partial charge in [-0.3, -0.25) is 0 Å². The fourth-order valence-electron chi connectivity index (χ4n) is 3.79. The lowest BCUT2D eigenvalue weighted by Gasteiger charge is -2.29. The van der Waals surface area contributed by atoms with Crippen molar-refractivity contribution >= 4 is 16.6 Å². The van der Waals surface area contributed by atoms with E-state index in [1.54, 1.807) is 0 Å². The Labute approximate surface area is 163 Å². The Morgan fingerprint density at radius 1 is 1.14 bits per heavy atom. The molecular formula is C22H24F2N4. The minimum atomic E-state index is -2.53. The summed E-state index contributed by atoms with van der Waals surface area (Å²) in [5, 5.41) is 5.33. The van der Waals surface area contributed by atoms with Crippen molar-refractivity contribution in [1.29, 1.82) is 0 Å². The molecule has 1 aliphatic carbocycles. The molecule has 0 bridgehead atoms. The normalized spacial score (nSPS) is 17.0. The van der Waals surface area contributed by atoms with Gasteiger partial charge in [0.1, 0.15) is 11.6 Å². The van der Waals surface area contributed by atoms with E-state index in [1.807, 2.05) is 38.5 Å². The lowest BCUT2D eigenvalue weighted by molar-refractivity contribution is -0.0419. The first-order valence-electron chi connectivity index (χ1n) is 9.54. The first-order valence-corrected chi connectivity index (χ1v) is 9.54. The van der Waals surface area contributed by atoms with Gasteiger partial charge in [0.05, 0.1) is 11.9 Å². The van der Waals surface area contributed by atoms with Crippen molar-refractivity contribution in [2.75, 3.05) is 5.32 Å². The summed E-state index contributed by atoms with van der Waals surface area (Å²) >= 11 is 0. The van der Waals surface area contributed by atoms with E-state index in [2.05, 4.69) is 38.6 Å². The Morgan fingerprint density at radius 2 is 1.89 bits per heavy atom. The monoisotopic (exact) mass is 382 g/mol. The fourth-order valence-corrected chi connectivity index (χ4v) is 3.79. The van der Waals surface area contributed by atoms with Crippen molar-refractivity contribution in [3.05, 3.63) is 54.8 Å². The number of aromatic nitrogens is 3. The SMILES string of the molecule is C=C(Nc1cc2cc(-c3cnc(C)n3C)ccc2cn1)C1CCC(F)(F)CC1. The van der Waals surface area contributed by atoms with Gasteiger partial charge < -0.3 is 9.88 Å². The molecule has 0 spiro atoms. The molecule has 28 heavy (non-hydrogen) atoms. The summed E-state index contributed by atoms with van der Waals surface area (Å²) in [6.07, 6.45) is 4.45. The molecule has 146 valence electrons. The molecule has 2 aromatic heterocycles. The maximum atomic E-state index is 13.4. The number of nitrogens with one attached hydrogen (secondary N) is 1. The van der Waals surface area contributed by atoms with E-state index in [0.717, 1.165) is 33.6 Å². The van der Waals surface area contributed by atoms with Crippen molar-refractivity contribution < 1.29 is 8.78 Å². The van der Waals surface area contributed by atoms with Crippen LogP contribution in [0.15, 0.2) is 48.9 Å². The van der Waals surface area contributed by atoms with Crippen LogP contribution in [-0.4, -0.2) is 20.5 Å². The van der Waals surface area contributed by atoms with Crippen molar-refractivity contribution in [1.82, 2.24) is 14.5 Å². The number of rotatable bonds is 4. The second-order valence-electron chi connectivity index (χ2n) is 7.66. The molecule has 4 rings (SSSR count). The van der Waals surface area contributed by atoms with Gasteiger partial charge in [-0.15, -0.1) is 0 Å². The maximum Gasteiger partial charge on any atom is 0.248 e. The Hall–Kier alpha value is -2.76. The standard InChI is InChI=1S/C22H24F2N4/c1-14(16-6-8-22(23,24)9-7-16)27-21-11-19-10-17(4-5-18(19)12-26-21)20-13-25-15(2)28(20)3/h4-5,10-13,16H,1,6-9H2,2-3H3,(H,26,27). The van der Waals surface area contributed by atoms with Crippen LogP contribution in [0.1, 0.15) is 31.5 Å². The van der Waals surface area contributed by atoms with Crippen LogP contribution in [-0.2, 0) is 7.05 Å². The number of pyridine rings is 1. The molecule has 0 saturated heterocycles. The molecule has 0 radical (unpaired) electrons. The quantitative estimate of drug-likeness (QED) is 0.630. The first-order chi connectivity index (χ1) is 13.3. The summed E-state index contributed by atoms with van der Waals surface area (Å²) in [7, 11) is 2.00. The number of anilines is 1. The minimum absolute atomic E-state index is 0.0564. The summed E-state index contributed by atoms with van der Waals surface area (Å²) in [6, 6.07) is 8.20. The van der Waals surface area contributed by atoms with Gasteiger partial charge in [0.15, 0.2) is 0 Å². The van der Waals surface area contributed by atoms with Crippen molar-refractivity contribution in [2.45, 2.75) is 38.5 Å². The smallest absolute Gasteiger partial charge is 0.248 e. The second kappa shape index (κ2) is 7.00. The lowest BCUT2D eigenvalue weighted by Crippen LogP contribution is -2.26. The largest absolute Gasteiger partial charge is 0.344 e. The second-order valence-corrected chi connectivity index (χ2v) is 7.66. The highest BCUT2D eigenvalue weighted by molar-refractivity contribution is 5.88. The molecule has 0 unspecified atom stereocenters. The highest BCUT2D eigenvalue weighted by atomic mass is 19.3. The molecule has 6 heteroatoms. The van der Waals surface area contributed by atoms with Gasteiger partial charge in [0, 0.05) is 42.7 Å². The summed E-state index contributed by atoms with van der Waals surface area (Å²) < 4.78 is 28.8. The number of imidazole rings is 1. The Balaban J connectivity index is 1.55. The number of aryl methyl sites for hydroxylation is 1. The molecule has 3 aromatic rings. The molecule has 2 heterocycles. The number of allylic oxidation sites excluding steroid dienone is 1. The van der Waals surface area contributed by atoms with Gasteiger partial charge in [0.2, 0.25) is 5.92 Å². The average molecular weight is 382 g/mol. The molecule has 0 atom stereocenters. The van der Waals surface area contributed by atoms with Crippen LogP contribution in [0.4, 0.5) is 14.6 Å². The highest BCUT2D eigenvalue weighted by Crippen LogP contribution is 2.38. The van der Waals surface area contributed by atoms with Gasteiger partial charge in [-0.05, 0) is 43.2 Å². The lowest BCUT2D eigenvalue weighted by atomic mass is 9.85. The van der Waals surface area contributed by atoms with E-state index >= 15 is 0 Å². The molecule has 1 saturated carbocycles. The van der Waals surface area contributed by atoms with E-state index in [0.29, 0.717) is 18.7 Å². The van der Waals surface area contributed by atoms with E-state index in [9.17, 15) is 8.78 Å². The Kier molecular flexibility index (Phi) is 4.65. The summed E-state index contributed by atoms with van der Waals surface area (Å²) in [4.78, 5) is 8.82.